The van der Waals surface area contributed by atoms with Crippen LogP contribution in [0.4, 0.5) is 0 Å². The molecule has 0 aliphatic heterocycles. The minimum Gasteiger partial charge on any atom is -0.466 e. The topological polar surface area (TPSA) is 121 Å². The number of hydrogen-bond acceptors (Lipinski definition) is 6. The summed E-state index contributed by atoms with van der Waals surface area (Å²) in [6, 6.07) is 0. The van der Waals surface area contributed by atoms with Crippen molar-refractivity contribution in [2.75, 3.05) is 12.4 Å². The summed E-state index contributed by atoms with van der Waals surface area (Å²) in [5.41, 5.74) is -0.721. The highest BCUT2D eigenvalue weighted by atomic mass is 32.2. The number of nitrogens with zero attached hydrogens (tertiary/aromatic N) is 1. The second-order valence-corrected chi connectivity index (χ2v) is 4.66. The molecule has 19 heavy (non-hydrogen) atoms. The van der Waals surface area contributed by atoms with Crippen molar-refractivity contribution in [3.05, 3.63) is 20.8 Å². The number of carbonyl (C=O) groups is 1. The summed E-state index contributed by atoms with van der Waals surface area (Å²) in [6.45, 7) is 2.09. The molecule has 2 rings (SSSR count). The Balaban J connectivity index is 2.06. The van der Waals surface area contributed by atoms with Crippen molar-refractivity contribution < 1.29 is 9.53 Å². The van der Waals surface area contributed by atoms with Gasteiger partial charge in [-0.05, 0) is 6.92 Å². The van der Waals surface area contributed by atoms with E-state index in [4.69, 9.17) is 4.74 Å². The van der Waals surface area contributed by atoms with Gasteiger partial charge in [0.25, 0.3) is 5.56 Å². The average Bonchev–Trinajstić information content (AvgIpc) is 2.72. The van der Waals surface area contributed by atoms with Crippen LogP contribution in [0.25, 0.3) is 11.2 Å². The Morgan fingerprint density at radius 3 is 2.84 bits per heavy atom. The number of hydrogen-bond donors (Lipinski definition) is 3. The molecule has 0 radical (unpaired) electrons. The first-order valence-corrected chi connectivity index (χ1v) is 6.59. The van der Waals surface area contributed by atoms with Crippen LogP contribution in [0.3, 0.4) is 0 Å². The van der Waals surface area contributed by atoms with Crippen LogP contribution in [-0.2, 0) is 9.53 Å². The predicted molar refractivity (Wildman–Crippen MR) is 69.3 cm³/mol. The SMILES string of the molecule is CCOC(=O)CCSc1nc2[nH]c(=O)[nH]c(=O)c2[nH]1. The number of rotatable bonds is 5. The number of aromatic amines is 3. The van der Waals surface area contributed by atoms with Crippen LogP contribution >= 0.6 is 11.8 Å². The van der Waals surface area contributed by atoms with E-state index < -0.39 is 11.2 Å². The molecule has 0 amide bonds. The first kappa shape index (κ1) is 13.4. The fourth-order valence-electron chi connectivity index (χ4n) is 1.44. The highest BCUT2D eigenvalue weighted by molar-refractivity contribution is 7.99. The van der Waals surface area contributed by atoms with E-state index in [1.54, 1.807) is 6.92 Å². The summed E-state index contributed by atoms with van der Waals surface area (Å²) in [5.74, 6) is 0.193. The van der Waals surface area contributed by atoms with Crippen LogP contribution in [0.5, 0.6) is 0 Å². The van der Waals surface area contributed by atoms with Gasteiger partial charge in [-0.15, -0.1) is 0 Å². The van der Waals surface area contributed by atoms with E-state index in [9.17, 15) is 14.4 Å². The van der Waals surface area contributed by atoms with E-state index in [1.807, 2.05) is 0 Å². The van der Waals surface area contributed by atoms with Crippen LogP contribution in [0, 0.1) is 0 Å². The molecule has 2 heterocycles. The maximum Gasteiger partial charge on any atom is 0.327 e. The molecule has 0 saturated carbocycles. The van der Waals surface area contributed by atoms with Crippen molar-refractivity contribution in [3.63, 3.8) is 0 Å². The van der Waals surface area contributed by atoms with Crippen molar-refractivity contribution in [3.8, 4) is 0 Å². The molecule has 0 saturated heterocycles. The normalized spacial score (nSPS) is 10.8. The van der Waals surface area contributed by atoms with Gasteiger partial charge in [0.1, 0.15) is 5.52 Å². The number of thioether (sulfide) groups is 1. The Labute approximate surface area is 111 Å². The van der Waals surface area contributed by atoms with Crippen molar-refractivity contribution in [2.45, 2.75) is 18.5 Å². The number of esters is 1. The highest BCUT2D eigenvalue weighted by Crippen LogP contribution is 2.16. The summed E-state index contributed by atoms with van der Waals surface area (Å²) < 4.78 is 4.79. The second-order valence-electron chi connectivity index (χ2n) is 3.58. The van der Waals surface area contributed by atoms with Crippen molar-refractivity contribution >= 4 is 28.9 Å². The Hall–Kier alpha value is -2.03. The largest absolute Gasteiger partial charge is 0.466 e. The highest BCUT2D eigenvalue weighted by Gasteiger charge is 2.09. The van der Waals surface area contributed by atoms with Gasteiger partial charge in [-0.25, -0.2) is 9.78 Å². The van der Waals surface area contributed by atoms with Gasteiger partial charge >= 0.3 is 11.7 Å². The summed E-state index contributed by atoms with van der Waals surface area (Å²) in [7, 11) is 0. The third-order valence-electron chi connectivity index (χ3n) is 2.22. The summed E-state index contributed by atoms with van der Waals surface area (Å²) in [6.07, 6.45) is 0.252. The first-order valence-electron chi connectivity index (χ1n) is 5.61. The van der Waals surface area contributed by atoms with Crippen LogP contribution in [0.15, 0.2) is 14.7 Å². The molecule has 8 nitrogen and oxygen atoms in total. The van der Waals surface area contributed by atoms with Gasteiger partial charge < -0.3 is 9.72 Å². The number of carbonyl (C=O) groups excluding carboxylic acids is 1. The smallest absolute Gasteiger partial charge is 0.327 e. The predicted octanol–water partition coefficient (Wildman–Crippen LogP) is -0.0152. The molecule has 0 unspecified atom stereocenters. The zero-order chi connectivity index (χ0) is 13.8. The zero-order valence-electron chi connectivity index (χ0n) is 10.1. The molecule has 9 heteroatoms. The van der Waals surface area contributed by atoms with E-state index >= 15 is 0 Å². The minimum absolute atomic E-state index is 0.201. The van der Waals surface area contributed by atoms with E-state index in [2.05, 4.69) is 19.9 Å². The Bertz CT molecular complexity index is 701. The summed E-state index contributed by atoms with van der Waals surface area (Å²) in [5, 5.41) is 0.464. The molecule has 102 valence electrons. The molecule has 0 atom stereocenters. The molecular formula is C10H12N4O4S. The lowest BCUT2D eigenvalue weighted by molar-refractivity contribution is -0.142. The molecule has 0 aliphatic rings. The quantitative estimate of drug-likeness (QED) is 0.524. The second kappa shape index (κ2) is 5.74. The van der Waals surface area contributed by atoms with Crippen molar-refractivity contribution in [1.29, 1.82) is 0 Å². The van der Waals surface area contributed by atoms with Gasteiger partial charge in [0.2, 0.25) is 0 Å². The maximum absolute atomic E-state index is 11.4. The number of fused-ring (bicyclic) bond motifs is 1. The van der Waals surface area contributed by atoms with Crippen LogP contribution in [-0.4, -0.2) is 38.3 Å². The zero-order valence-corrected chi connectivity index (χ0v) is 10.9. The van der Waals surface area contributed by atoms with Gasteiger partial charge in [0, 0.05) is 5.75 Å². The molecular weight excluding hydrogens is 272 g/mol. The Morgan fingerprint density at radius 1 is 1.32 bits per heavy atom. The number of ether oxygens (including phenoxy) is 1. The third kappa shape index (κ3) is 3.25. The van der Waals surface area contributed by atoms with E-state index in [-0.39, 0.29) is 23.6 Å². The summed E-state index contributed by atoms with van der Waals surface area (Å²) >= 11 is 1.27. The Morgan fingerprint density at radius 2 is 2.11 bits per heavy atom. The monoisotopic (exact) mass is 284 g/mol. The lowest BCUT2D eigenvalue weighted by atomic mass is 10.5. The van der Waals surface area contributed by atoms with Crippen molar-refractivity contribution in [2.24, 2.45) is 0 Å². The third-order valence-corrected chi connectivity index (χ3v) is 3.09. The number of nitrogens with one attached hydrogen (secondary N) is 3. The molecule has 3 N–H and O–H groups in total. The van der Waals surface area contributed by atoms with Gasteiger partial charge in [0.15, 0.2) is 10.8 Å². The molecule has 0 aliphatic carbocycles. The molecule has 0 fully saturated rings. The molecule has 0 bridgehead atoms. The van der Waals surface area contributed by atoms with Crippen LogP contribution < -0.4 is 11.2 Å². The standard InChI is InChI=1S/C10H12N4O4S/c1-2-18-5(15)3-4-19-10-11-6-7(13-10)12-9(17)14-8(6)16/h2-4H2,1H3,(H3,11,12,13,14,16,17). The fraction of sp³-hybridized carbons (Fsp3) is 0.400. The van der Waals surface area contributed by atoms with Gasteiger partial charge in [-0.3, -0.25) is 19.6 Å². The number of aromatic nitrogens is 4. The van der Waals surface area contributed by atoms with Crippen molar-refractivity contribution in [1.82, 2.24) is 19.9 Å². The first-order chi connectivity index (χ1) is 9.10. The van der Waals surface area contributed by atoms with Gasteiger partial charge in [-0.1, -0.05) is 11.8 Å². The van der Waals surface area contributed by atoms with Crippen LogP contribution in [0.2, 0.25) is 0 Å². The number of imidazole rings is 1. The van der Waals surface area contributed by atoms with E-state index in [0.717, 1.165) is 0 Å². The average molecular weight is 284 g/mol. The molecule has 0 spiro atoms. The van der Waals surface area contributed by atoms with E-state index in [0.29, 0.717) is 17.5 Å². The van der Waals surface area contributed by atoms with Gasteiger partial charge in [-0.2, -0.15) is 0 Å². The maximum atomic E-state index is 11.4. The Kier molecular flexibility index (Phi) is 4.05. The van der Waals surface area contributed by atoms with E-state index in [1.165, 1.54) is 11.8 Å². The molecule has 0 aromatic carbocycles. The van der Waals surface area contributed by atoms with Gasteiger partial charge in [0.05, 0.1) is 13.0 Å². The lowest BCUT2D eigenvalue weighted by Gasteiger charge is -1.99. The number of H-pyrrole nitrogens is 3. The lowest BCUT2D eigenvalue weighted by Crippen LogP contribution is -2.21. The fourth-order valence-corrected chi connectivity index (χ4v) is 2.24. The molecule has 2 aromatic heterocycles. The minimum atomic E-state index is -0.605. The summed E-state index contributed by atoms with van der Waals surface area (Å²) in [4.78, 5) is 45.0. The van der Waals surface area contributed by atoms with Crippen LogP contribution in [0.1, 0.15) is 13.3 Å². The molecule has 2 aromatic rings.